The van der Waals surface area contributed by atoms with Gasteiger partial charge in [-0.2, -0.15) is 0 Å². The molecule has 0 saturated heterocycles. The summed E-state index contributed by atoms with van der Waals surface area (Å²) in [6, 6.07) is 13.3. The Hall–Kier alpha value is -1.51. The summed E-state index contributed by atoms with van der Waals surface area (Å²) in [6.07, 6.45) is 1.50. The van der Waals surface area contributed by atoms with Crippen molar-refractivity contribution >= 4 is 11.6 Å². The molecular formula is C16H15ClO2. The number of aliphatic hydroxyl groups is 1. The molecule has 1 atom stereocenters. The highest BCUT2D eigenvalue weighted by molar-refractivity contribution is 6.31. The monoisotopic (exact) mass is 274 g/mol. The van der Waals surface area contributed by atoms with E-state index in [-0.39, 0.29) is 0 Å². The van der Waals surface area contributed by atoms with Crippen molar-refractivity contribution in [2.24, 2.45) is 0 Å². The molecule has 1 aliphatic carbocycles. The van der Waals surface area contributed by atoms with E-state index < -0.39 is 5.60 Å². The van der Waals surface area contributed by atoms with Gasteiger partial charge in [0.25, 0.3) is 0 Å². The van der Waals surface area contributed by atoms with Gasteiger partial charge >= 0.3 is 0 Å². The lowest BCUT2D eigenvalue weighted by molar-refractivity contribution is 0.0828. The highest BCUT2D eigenvalue weighted by Crippen LogP contribution is 2.45. The summed E-state index contributed by atoms with van der Waals surface area (Å²) in [4.78, 5) is 0. The largest absolute Gasteiger partial charge is 0.497 e. The lowest BCUT2D eigenvalue weighted by Crippen LogP contribution is -2.24. The first-order chi connectivity index (χ1) is 9.15. The molecular weight excluding hydrogens is 260 g/mol. The summed E-state index contributed by atoms with van der Waals surface area (Å²) >= 11 is 6.24. The Morgan fingerprint density at radius 3 is 2.68 bits per heavy atom. The third-order valence-electron chi connectivity index (χ3n) is 3.84. The van der Waals surface area contributed by atoms with Gasteiger partial charge in [-0.05, 0) is 42.2 Å². The maximum atomic E-state index is 11.1. The minimum atomic E-state index is -1.01. The van der Waals surface area contributed by atoms with Crippen LogP contribution >= 0.6 is 11.6 Å². The molecule has 0 radical (unpaired) electrons. The van der Waals surface area contributed by atoms with E-state index >= 15 is 0 Å². The number of hydrogen-bond acceptors (Lipinski definition) is 2. The Bertz CT molecular complexity index is 624. The summed E-state index contributed by atoms with van der Waals surface area (Å²) < 4.78 is 5.25. The highest BCUT2D eigenvalue weighted by Gasteiger charge is 2.39. The number of halogens is 1. The molecule has 0 spiro atoms. The van der Waals surface area contributed by atoms with Crippen LogP contribution in [0.25, 0.3) is 0 Å². The molecule has 0 fully saturated rings. The van der Waals surface area contributed by atoms with Crippen LogP contribution in [0.1, 0.15) is 23.1 Å². The smallest absolute Gasteiger partial charge is 0.119 e. The van der Waals surface area contributed by atoms with E-state index in [4.69, 9.17) is 16.3 Å². The molecule has 1 unspecified atom stereocenters. The van der Waals surface area contributed by atoms with Gasteiger partial charge < -0.3 is 9.84 Å². The van der Waals surface area contributed by atoms with Crippen molar-refractivity contribution in [3.8, 4) is 5.75 Å². The molecule has 0 bridgehead atoms. The third kappa shape index (κ3) is 1.92. The average molecular weight is 275 g/mol. The van der Waals surface area contributed by atoms with Crippen molar-refractivity contribution in [1.29, 1.82) is 0 Å². The molecule has 2 nitrogen and oxygen atoms in total. The van der Waals surface area contributed by atoms with Gasteiger partial charge in [0.2, 0.25) is 0 Å². The average Bonchev–Trinajstić information content (AvgIpc) is 2.77. The summed E-state index contributed by atoms with van der Waals surface area (Å²) in [5.41, 5.74) is 1.81. The van der Waals surface area contributed by atoms with Gasteiger partial charge in [-0.15, -0.1) is 0 Å². The minimum absolute atomic E-state index is 0.598. The molecule has 3 heteroatoms. The number of methoxy groups -OCH3 is 1. The molecule has 1 aliphatic rings. The van der Waals surface area contributed by atoms with Crippen LogP contribution in [-0.4, -0.2) is 12.2 Å². The molecule has 0 aromatic heterocycles. The van der Waals surface area contributed by atoms with Crippen molar-refractivity contribution in [2.45, 2.75) is 18.4 Å². The maximum absolute atomic E-state index is 11.1. The fraction of sp³-hybridized carbons (Fsp3) is 0.250. The van der Waals surface area contributed by atoms with Crippen LogP contribution in [0.15, 0.2) is 42.5 Å². The second-order valence-electron chi connectivity index (χ2n) is 4.86. The van der Waals surface area contributed by atoms with E-state index in [0.717, 1.165) is 28.9 Å². The molecule has 0 heterocycles. The van der Waals surface area contributed by atoms with Gasteiger partial charge in [-0.25, -0.2) is 0 Å². The lowest BCUT2D eigenvalue weighted by atomic mass is 9.88. The topological polar surface area (TPSA) is 29.5 Å². The summed E-state index contributed by atoms with van der Waals surface area (Å²) in [6.45, 7) is 0. The van der Waals surface area contributed by atoms with Crippen molar-refractivity contribution < 1.29 is 9.84 Å². The zero-order valence-corrected chi connectivity index (χ0v) is 11.4. The lowest BCUT2D eigenvalue weighted by Gasteiger charge is -2.26. The molecule has 0 saturated carbocycles. The van der Waals surface area contributed by atoms with E-state index in [1.54, 1.807) is 7.11 Å². The summed E-state index contributed by atoms with van der Waals surface area (Å²) in [7, 11) is 1.63. The Labute approximate surface area is 117 Å². The Morgan fingerprint density at radius 2 is 1.95 bits per heavy atom. The summed E-state index contributed by atoms with van der Waals surface area (Å²) in [5.74, 6) is 0.756. The van der Waals surface area contributed by atoms with Crippen molar-refractivity contribution in [1.82, 2.24) is 0 Å². The Kier molecular flexibility index (Phi) is 3.00. The third-order valence-corrected chi connectivity index (χ3v) is 4.17. The van der Waals surface area contributed by atoms with Crippen LogP contribution in [0.2, 0.25) is 5.02 Å². The first kappa shape index (κ1) is 12.5. The maximum Gasteiger partial charge on any atom is 0.119 e. The Morgan fingerprint density at radius 1 is 1.16 bits per heavy atom. The highest BCUT2D eigenvalue weighted by atomic mass is 35.5. The van der Waals surface area contributed by atoms with Crippen LogP contribution in [0.4, 0.5) is 0 Å². The fourth-order valence-corrected chi connectivity index (χ4v) is 3.10. The minimum Gasteiger partial charge on any atom is -0.497 e. The predicted molar refractivity (Wildman–Crippen MR) is 75.8 cm³/mol. The fourth-order valence-electron chi connectivity index (χ4n) is 2.81. The molecule has 2 aromatic carbocycles. The van der Waals surface area contributed by atoms with Crippen molar-refractivity contribution in [3.63, 3.8) is 0 Å². The van der Waals surface area contributed by atoms with Crippen LogP contribution in [-0.2, 0) is 12.0 Å². The Balaban J connectivity index is 2.17. The van der Waals surface area contributed by atoms with Crippen molar-refractivity contribution in [2.75, 3.05) is 7.11 Å². The number of ether oxygens (including phenoxy) is 1. The molecule has 0 amide bonds. The van der Waals surface area contributed by atoms with Crippen LogP contribution in [0, 0.1) is 0 Å². The van der Waals surface area contributed by atoms with E-state index in [0.29, 0.717) is 11.4 Å². The SMILES string of the molecule is COc1ccc2c(c1)C(O)(c1ccccc1Cl)CC2. The van der Waals surface area contributed by atoms with Crippen molar-refractivity contribution in [3.05, 3.63) is 64.2 Å². The molecule has 98 valence electrons. The van der Waals surface area contributed by atoms with E-state index in [1.807, 2.05) is 42.5 Å². The summed E-state index contributed by atoms with van der Waals surface area (Å²) in [5, 5.41) is 11.7. The molecule has 3 rings (SSSR count). The van der Waals surface area contributed by atoms with E-state index in [2.05, 4.69) is 0 Å². The normalized spacial score (nSPS) is 21.2. The zero-order chi connectivity index (χ0) is 13.5. The van der Waals surface area contributed by atoms with Crippen LogP contribution in [0.3, 0.4) is 0 Å². The zero-order valence-electron chi connectivity index (χ0n) is 10.7. The van der Waals surface area contributed by atoms with Gasteiger partial charge in [-0.3, -0.25) is 0 Å². The number of benzene rings is 2. The number of hydrogen-bond donors (Lipinski definition) is 1. The number of aryl methyl sites for hydroxylation is 1. The molecule has 19 heavy (non-hydrogen) atoms. The second-order valence-corrected chi connectivity index (χ2v) is 5.27. The van der Waals surface area contributed by atoms with Crippen LogP contribution < -0.4 is 4.74 Å². The quantitative estimate of drug-likeness (QED) is 0.908. The molecule has 0 aliphatic heterocycles. The molecule has 2 aromatic rings. The van der Waals surface area contributed by atoms with Gasteiger partial charge in [0.1, 0.15) is 11.4 Å². The number of rotatable bonds is 2. The van der Waals surface area contributed by atoms with Gasteiger partial charge in [-0.1, -0.05) is 35.9 Å². The van der Waals surface area contributed by atoms with Gasteiger partial charge in [0, 0.05) is 10.6 Å². The predicted octanol–water partition coefficient (Wildman–Crippen LogP) is 3.53. The first-order valence-corrected chi connectivity index (χ1v) is 6.68. The first-order valence-electron chi connectivity index (χ1n) is 6.30. The second kappa shape index (κ2) is 4.55. The van der Waals surface area contributed by atoms with Gasteiger partial charge in [0.05, 0.1) is 7.11 Å². The van der Waals surface area contributed by atoms with Crippen LogP contribution in [0.5, 0.6) is 5.75 Å². The van der Waals surface area contributed by atoms with Gasteiger partial charge in [0.15, 0.2) is 0 Å². The van der Waals surface area contributed by atoms with E-state index in [1.165, 1.54) is 0 Å². The molecule has 1 N–H and O–H groups in total. The number of fused-ring (bicyclic) bond motifs is 1. The van der Waals surface area contributed by atoms with E-state index in [9.17, 15) is 5.11 Å². The standard InChI is InChI=1S/C16H15ClO2/c1-19-12-7-6-11-8-9-16(18,14(11)10-12)13-4-2-3-5-15(13)17/h2-7,10,18H,8-9H2,1H3.